The SMILES string of the molecule is CCC=C(C(=O)O)C(F)(F)C(F)(F)C(F)(F)C(F)(F)C(F)(F)C(F)(F)C(F)(C(F)(F)F)C(F)(F)F. The van der Waals surface area contributed by atoms with Crippen LogP contribution in [0.4, 0.5) is 83.4 Å². The van der Waals surface area contributed by atoms with E-state index >= 15 is 0 Å². The number of aliphatic carboxylic acids is 1. The molecule has 21 heteroatoms. The monoisotopic (exact) mass is 568 g/mol. The maximum Gasteiger partial charge on any atom is 0.438 e. The highest BCUT2D eigenvalue weighted by Gasteiger charge is 2.98. The molecule has 0 aromatic heterocycles. The number of rotatable bonds is 9. The molecule has 0 atom stereocenters. The Balaban J connectivity index is 7.31. The van der Waals surface area contributed by atoms with Gasteiger partial charge in [0.15, 0.2) is 0 Å². The molecule has 35 heavy (non-hydrogen) atoms. The van der Waals surface area contributed by atoms with Crippen LogP contribution in [-0.2, 0) is 4.79 Å². The average molecular weight is 568 g/mol. The molecule has 0 saturated carbocycles. The summed E-state index contributed by atoms with van der Waals surface area (Å²) in [6, 6.07) is 0. The van der Waals surface area contributed by atoms with Crippen molar-refractivity contribution in [2.45, 2.75) is 66.9 Å². The number of hydrogen-bond donors (Lipinski definition) is 1. The third-order valence-electron chi connectivity index (χ3n) is 4.16. The fraction of sp³-hybridized carbons (Fsp3) is 0.786. The van der Waals surface area contributed by atoms with Crippen LogP contribution in [0.5, 0.6) is 0 Å². The second-order valence-corrected chi connectivity index (χ2v) is 6.43. The molecule has 208 valence electrons. The molecule has 0 amide bonds. The van der Waals surface area contributed by atoms with Crippen LogP contribution < -0.4 is 0 Å². The van der Waals surface area contributed by atoms with Crippen LogP contribution in [0, 0.1) is 0 Å². The fourth-order valence-electron chi connectivity index (χ4n) is 2.24. The van der Waals surface area contributed by atoms with Crippen molar-refractivity contribution >= 4 is 5.97 Å². The predicted octanol–water partition coefficient (Wildman–Crippen LogP) is 7.05. The first-order valence-corrected chi connectivity index (χ1v) is 7.92. The van der Waals surface area contributed by atoms with Crippen molar-refractivity contribution in [1.82, 2.24) is 0 Å². The lowest BCUT2D eigenvalue weighted by atomic mass is 9.83. The lowest BCUT2D eigenvalue weighted by Crippen LogP contribution is -2.77. The molecule has 0 fully saturated rings. The molecular formula is C14H7F19O2. The molecule has 0 rings (SSSR count). The maximum absolute atomic E-state index is 13.7. The minimum Gasteiger partial charge on any atom is -0.478 e. The van der Waals surface area contributed by atoms with Gasteiger partial charge in [-0.25, -0.2) is 9.18 Å². The van der Waals surface area contributed by atoms with E-state index in [4.69, 9.17) is 5.11 Å². The lowest BCUT2D eigenvalue weighted by Gasteiger charge is -2.45. The van der Waals surface area contributed by atoms with Gasteiger partial charge in [-0.1, -0.05) is 13.0 Å². The molecule has 0 aliphatic heterocycles. The van der Waals surface area contributed by atoms with Gasteiger partial charge in [0.2, 0.25) is 0 Å². The molecule has 0 aromatic rings. The van der Waals surface area contributed by atoms with Crippen LogP contribution in [0.25, 0.3) is 0 Å². The molecule has 0 bridgehead atoms. The zero-order valence-corrected chi connectivity index (χ0v) is 15.8. The van der Waals surface area contributed by atoms with Crippen LogP contribution in [0.3, 0.4) is 0 Å². The summed E-state index contributed by atoms with van der Waals surface area (Å²) in [5.74, 6) is -54.8. The molecule has 1 N–H and O–H groups in total. The van der Waals surface area contributed by atoms with Crippen molar-refractivity contribution in [3.63, 3.8) is 0 Å². The quantitative estimate of drug-likeness (QED) is 0.239. The Labute approximate surface area is 179 Å². The largest absolute Gasteiger partial charge is 0.478 e. The van der Waals surface area contributed by atoms with Crippen LogP contribution in [0.15, 0.2) is 11.6 Å². The number of alkyl halides is 19. The number of carbonyl (C=O) groups is 1. The number of halogens is 19. The van der Waals surface area contributed by atoms with E-state index in [-0.39, 0.29) is 0 Å². The van der Waals surface area contributed by atoms with Gasteiger partial charge in [0.05, 0.1) is 0 Å². The summed E-state index contributed by atoms with van der Waals surface area (Å²) in [5.41, 5.74) is -12.1. The summed E-state index contributed by atoms with van der Waals surface area (Å²) in [7, 11) is 0. The summed E-state index contributed by atoms with van der Waals surface area (Å²) in [4.78, 5) is 10.6. The van der Waals surface area contributed by atoms with Gasteiger partial charge in [0.25, 0.3) is 0 Å². The van der Waals surface area contributed by atoms with Gasteiger partial charge < -0.3 is 5.11 Å². The van der Waals surface area contributed by atoms with E-state index < -0.39 is 77.6 Å². The first kappa shape index (κ1) is 32.9. The van der Waals surface area contributed by atoms with E-state index in [0.29, 0.717) is 6.92 Å². The molecule has 0 aliphatic rings. The van der Waals surface area contributed by atoms with Crippen molar-refractivity contribution in [2.75, 3.05) is 0 Å². The van der Waals surface area contributed by atoms with Crippen LogP contribution in [0.2, 0.25) is 0 Å². The summed E-state index contributed by atoms with van der Waals surface area (Å²) >= 11 is 0. The van der Waals surface area contributed by atoms with E-state index in [1.54, 1.807) is 0 Å². The van der Waals surface area contributed by atoms with Gasteiger partial charge in [-0.05, 0) is 6.42 Å². The Morgan fingerprint density at radius 3 is 1.11 bits per heavy atom. The van der Waals surface area contributed by atoms with Gasteiger partial charge >= 0.3 is 59.5 Å². The number of carboxylic acids is 1. The Morgan fingerprint density at radius 1 is 0.571 bits per heavy atom. The molecule has 0 radical (unpaired) electrons. The van der Waals surface area contributed by atoms with Gasteiger partial charge in [0, 0.05) is 0 Å². The normalized spacial score (nSPS) is 16.5. The minimum atomic E-state index is -9.14. The Hall–Kier alpha value is -2.12. The summed E-state index contributed by atoms with van der Waals surface area (Å²) < 4.78 is 251. The standard InChI is InChI=1S/C14H7F19O2/c1-2-3-4(5(34)35)6(15,16)8(18,19)10(22,23)12(26,27)11(24,25)9(20,21)7(17,13(28,29)30)14(31,32)33/h3H,2H2,1H3,(H,34,35). The van der Waals surface area contributed by atoms with Gasteiger partial charge in [-0.15, -0.1) is 0 Å². The third-order valence-corrected chi connectivity index (χ3v) is 4.16. The number of hydrogen-bond acceptors (Lipinski definition) is 1. The Bertz CT molecular complexity index is 817. The van der Waals surface area contributed by atoms with E-state index in [1.165, 1.54) is 0 Å². The van der Waals surface area contributed by atoms with Crippen molar-refractivity contribution in [1.29, 1.82) is 0 Å². The molecule has 0 aliphatic carbocycles. The molecular weight excluding hydrogens is 561 g/mol. The second-order valence-electron chi connectivity index (χ2n) is 6.43. The first-order valence-electron chi connectivity index (χ1n) is 7.92. The van der Waals surface area contributed by atoms with Crippen LogP contribution >= 0.6 is 0 Å². The molecule has 0 aromatic carbocycles. The van der Waals surface area contributed by atoms with E-state index in [0.717, 1.165) is 0 Å². The summed E-state index contributed by atoms with van der Waals surface area (Å²) in [6.07, 6.45) is -18.4. The van der Waals surface area contributed by atoms with Crippen molar-refractivity contribution < 1.29 is 93.3 Å². The third kappa shape index (κ3) is 4.14. The highest BCUT2D eigenvalue weighted by Crippen LogP contribution is 2.66. The van der Waals surface area contributed by atoms with Crippen molar-refractivity contribution in [3.8, 4) is 0 Å². The van der Waals surface area contributed by atoms with E-state index in [2.05, 4.69) is 0 Å². The highest BCUT2D eigenvalue weighted by atomic mass is 19.4. The van der Waals surface area contributed by atoms with E-state index in [1.807, 2.05) is 0 Å². The zero-order chi connectivity index (χ0) is 29.1. The number of carboxylic acid groups (broad SMARTS) is 1. The topological polar surface area (TPSA) is 37.3 Å². The molecule has 2 nitrogen and oxygen atoms in total. The minimum absolute atomic E-state index is 0.586. The van der Waals surface area contributed by atoms with E-state index in [9.17, 15) is 88.2 Å². The van der Waals surface area contributed by atoms with Gasteiger partial charge in [0.1, 0.15) is 5.57 Å². The lowest BCUT2D eigenvalue weighted by molar-refractivity contribution is -0.471. The smallest absolute Gasteiger partial charge is 0.438 e. The van der Waals surface area contributed by atoms with Crippen molar-refractivity contribution in [3.05, 3.63) is 11.6 Å². The molecule has 0 spiro atoms. The van der Waals surface area contributed by atoms with Gasteiger partial charge in [-0.2, -0.15) is 79.0 Å². The second kappa shape index (κ2) is 8.48. The molecule has 0 unspecified atom stereocenters. The van der Waals surface area contributed by atoms with Crippen LogP contribution in [0.1, 0.15) is 13.3 Å². The van der Waals surface area contributed by atoms with Gasteiger partial charge in [-0.3, -0.25) is 0 Å². The fourth-order valence-corrected chi connectivity index (χ4v) is 2.24. The first-order chi connectivity index (χ1) is 14.9. The van der Waals surface area contributed by atoms with Crippen molar-refractivity contribution in [2.24, 2.45) is 0 Å². The summed E-state index contributed by atoms with van der Waals surface area (Å²) in [6.45, 7) is 0.633. The zero-order valence-electron chi connectivity index (χ0n) is 15.8. The maximum atomic E-state index is 13.7. The molecule has 0 saturated heterocycles. The Kier molecular flexibility index (Phi) is 7.96. The van der Waals surface area contributed by atoms with Crippen LogP contribution in [-0.4, -0.2) is 64.6 Å². The average Bonchev–Trinajstić information content (AvgIpc) is 2.61. The molecule has 0 heterocycles. The Morgan fingerprint density at radius 2 is 0.857 bits per heavy atom. The predicted molar refractivity (Wildman–Crippen MR) is 71.6 cm³/mol. The summed E-state index contributed by atoms with van der Waals surface area (Å²) in [5, 5.41) is 8.36. The highest BCUT2D eigenvalue weighted by molar-refractivity contribution is 5.88. The number of allylic oxidation sites excluding steroid dienone is 1.